The number of rotatable bonds is 5. The first-order valence-corrected chi connectivity index (χ1v) is 12.3. The zero-order chi connectivity index (χ0) is 22.4. The SMILES string of the molecule is Cc1cnc2[nH]ncc2c1N1CCN(C(=O)[C@@H](c2ccc(C3CC3)cc2)[C@@H]2CCCN2)CC1. The van der Waals surface area contributed by atoms with E-state index in [1.54, 1.807) is 0 Å². The number of nitrogens with one attached hydrogen (secondary N) is 2. The first kappa shape index (κ1) is 20.7. The van der Waals surface area contributed by atoms with Crippen LogP contribution in [0.25, 0.3) is 11.0 Å². The van der Waals surface area contributed by atoms with Crippen LogP contribution in [0, 0.1) is 6.92 Å². The number of anilines is 1. The Morgan fingerprint density at radius 3 is 2.55 bits per heavy atom. The van der Waals surface area contributed by atoms with Crippen molar-refractivity contribution in [2.75, 3.05) is 37.6 Å². The highest BCUT2D eigenvalue weighted by Gasteiger charge is 2.36. The number of aryl methyl sites for hydroxylation is 1. The van der Waals surface area contributed by atoms with Gasteiger partial charge in [-0.3, -0.25) is 9.89 Å². The molecule has 2 atom stereocenters. The lowest BCUT2D eigenvalue weighted by atomic mass is 9.88. The molecule has 6 rings (SSSR count). The number of aromatic nitrogens is 3. The van der Waals surface area contributed by atoms with Crippen molar-refractivity contribution in [3.05, 3.63) is 53.3 Å². The number of hydrogen-bond acceptors (Lipinski definition) is 5. The van der Waals surface area contributed by atoms with E-state index < -0.39 is 0 Å². The van der Waals surface area contributed by atoms with Crippen molar-refractivity contribution < 1.29 is 4.79 Å². The molecule has 3 fully saturated rings. The summed E-state index contributed by atoms with van der Waals surface area (Å²) in [5, 5.41) is 11.8. The van der Waals surface area contributed by atoms with Gasteiger partial charge in [0.2, 0.25) is 5.91 Å². The van der Waals surface area contributed by atoms with Gasteiger partial charge < -0.3 is 15.1 Å². The Kier molecular flexibility index (Phi) is 5.29. The Morgan fingerprint density at radius 1 is 1.06 bits per heavy atom. The monoisotopic (exact) mass is 444 g/mol. The molecule has 1 amide bonds. The van der Waals surface area contributed by atoms with E-state index in [0.717, 1.165) is 73.6 Å². The van der Waals surface area contributed by atoms with Gasteiger partial charge in [0.05, 0.1) is 23.2 Å². The van der Waals surface area contributed by atoms with E-state index in [9.17, 15) is 4.79 Å². The number of carbonyl (C=O) groups excluding carboxylic acids is 1. The van der Waals surface area contributed by atoms with Crippen LogP contribution in [0.1, 0.15) is 54.2 Å². The predicted molar refractivity (Wildman–Crippen MR) is 130 cm³/mol. The van der Waals surface area contributed by atoms with Crippen molar-refractivity contribution in [1.82, 2.24) is 25.4 Å². The maximum atomic E-state index is 13.8. The molecule has 0 spiro atoms. The van der Waals surface area contributed by atoms with Crippen LogP contribution in [0.5, 0.6) is 0 Å². The van der Waals surface area contributed by atoms with Gasteiger partial charge in [0.1, 0.15) is 0 Å². The summed E-state index contributed by atoms with van der Waals surface area (Å²) in [4.78, 5) is 22.7. The van der Waals surface area contributed by atoms with E-state index in [2.05, 4.69) is 61.5 Å². The molecule has 1 aromatic carbocycles. The lowest BCUT2D eigenvalue weighted by Crippen LogP contribution is -2.52. The molecular weight excluding hydrogens is 412 g/mol. The Labute approximate surface area is 194 Å². The Balaban J connectivity index is 1.20. The van der Waals surface area contributed by atoms with Crippen LogP contribution in [0.3, 0.4) is 0 Å². The van der Waals surface area contributed by atoms with E-state index in [1.165, 1.54) is 24.1 Å². The summed E-state index contributed by atoms with van der Waals surface area (Å²) < 4.78 is 0. The number of piperazine rings is 1. The zero-order valence-electron chi connectivity index (χ0n) is 19.3. The highest BCUT2D eigenvalue weighted by molar-refractivity contribution is 5.91. The molecule has 3 aromatic rings. The second-order valence-electron chi connectivity index (χ2n) is 9.86. The maximum Gasteiger partial charge on any atom is 0.231 e. The first-order valence-electron chi connectivity index (χ1n) is 12.3. The summed E-state index contributed by atoms with van der Waals surface area (Å²) in [6.45, 7) is 6.22. The topological polar surface area (TPSA) is 77.2 Å². The fraction of sp³-hybridized carbons (Fsp3) is 0.500. The molecule has 33 heavy (non-hydrogen) atoms. The Morgan fingerprint density at radius 2 is 1.85 bits per heavy atom. The summed E-state index contributed by atoms with van der Waals surface area (Å²) >= 11 is 0. The van der Waals surface area contributed by atoms with E-state index >= 15 is 0 Å². The Bertz CT molecular complexity index is 1140. The number of carbonyl (C=O) groups is 1. The molecule has 0 unspecified atom stereocenters. The predicted octanol–water partition coefficient (Wildman–Crippen LogP) is 3.33. The van der Waals surface area contributed by atoms with Crippen LogP contribution < -0.4 is 10.2 Å². The van der Waals surface area contributed by atoms with Gasteiger partial charge in [-0.05, 0) is 61.8 Å². The normalized spacial score (nSPS) is 22.2. The van der Waals surface area contributed by atoms with Crippen molar-refractivity contribution >= 4 is 22.6 Å². The number of nitrogens with zero attached hydrogens (tertiary/aromatic N) is 4. The molecule has 2 saturated heterocycles. The summed E-state index contributed by atoms with van der Waals surface area (Å²) in [7, 11) is 0. The summed E-state index contributed by atoms with van der Waals surface area (Å²) in [5.41, 5.74) is 5.74. The van der Waals surface area contributed by atoms with Crippen molar-refractivity contribution in [2.24, 2.45) is 0 Å². The van der Waals surface area contributed by atoms with Crippen LogP contribution in [-0.4, -0.2) is 64.8 Å². The van der Waals surface area contributed by atoms with Crippen molar-refractivity contribution in [3.8, 4) is 0 Å². The van der Waals surface area contributed by atoms with E-state index in [-0.39, 0.29) is 17.9 Å². The molecule has 2 N–H and O–H groups in total. The average molecular weight is 445 g/mol. The van der Waals surface area contributed by atoms with Crippen LogP contribution in [0.2, 0.25) is 0 Å². The van der Waals surface area contributed by atoms with Gasteiger partial charge in [0.25, 0.3) is 0 Å². The molecule has 4 heterocycles. The minimum atomic E-state index is -0.101. The van der Waals surface area contributed by atoms with Crippen molar-refractivity contribution in [2.45, 2.75) is 50.5 Å². The van der Waals surface area contributed by atoms with Gasteiger partial charge in [0, 0.05) is 38.4 Å². The molecule has 3 aliphatic rings. The molecule has 2 aliphatic heterocycles. The van der Waals surface area contributed by atoms with Gasteiger partial charge in [0.15, 0.2) is 5.65 Å². The van der Waals surface area contributed by atoms with Gasteiger partial charge in [-0.1, -0.05) is 24.3 Å². The third-order valence-electron chi connectivity index (χ3n) is 7.65. The van der Waals surface area contributed by atoms with E-state index in [1.807, 2.05) is 12.4 Å². The van der Waals surface area contributed by atoms with Gasteiger partial charge >= 0.3 is 0 Å². The smallest absolute Gasteiger partial charge is 0.231 e. The molecule has 1 saturated carbocycles. The first-order chi connectivity index (χ1) is 16.2. The summed E-state index contributed by atoms with van der Waals surface area (Å²) in [6, 6.07) is 9.16. The summed E-state index contributed by atoms with van der Waals surface area (Å²) in [5.74, 6) is 0.910. The van der Waals surface area contributed by atoms with Gasteiger partial charge in [-0.25, -0.2) is 4.98 Å². The molecule has 7 nitrogen and oxygen atoms in total. The number of fused-ring (bicyclic) bond motifs is 1. The molecular formula is C26H32N6O. The van der Waals surface area contributed by atoms with E-state index in [4.69, 9.17) is 0 Å². The molecule has 0 bridgehead atoms. The number of pyridine rings is 1. The zero-order valence-corrected chi connectivity index (χ0v) is 19.3. The summed E-state index contributed by atoms with van der Waals surface area (Å²) in [6.07, 6.45) is 8.58. The molecule has 1 aliphatic carbocycles. The molecule has 7 heteroatoms. The lowest BCUT2D eigenvalue weighted by Gasteiger charge is -2.39. The molecule has 0 radical (unpaired) electrons. The highest BCUT2D eigenvalue weighted by Crippen LogP contribution is 2.40. The third-order valence-corrected chi connectivity index (χ3v) is 7.65. The van der Waals surface area contributed by atoms with Crippen molar-refractivity contribution in [3.63, 3.8) is 0 Å². The van der Waals surface area contributed by atoms with Gasteiger partial charge in [-0.2, -0.15) is 5.10 Å². The number of benzene rings is 1. The average Bonchev–Trinajstić information content (AvgIpc) is 3.34. The standard InChI is InChI=1S/C26H32N6O/c1-17-15-28-25-21(16-29-30-25)24(17)31-11-13-32(14-12-31)26(33)23(22-3-2-10-27-22)20-8-6-19(7-9-20)18-4-5-18/h6-9,15-16,18,22-23,27H,2-5,10-14H2,1H3,(H,28,29,30)/t22-,23-/m0/s1. The second kappa shape index (κ2) is 8.45. The van der Waals surface area contributed by atoms with Crippen LogP contribution in [-0.2, 0) is 4.79 Å². The van der Waals surface area contributed by atoms with E-state index in [0.29, 0.717) is 0 Å². The van der Waals surface area contributed by atoms with Gasteiger partial charge in [-0.15, -0.1) is 0 Å². The number of H-pyrrole nitrogens is 1. The lowest BCUT2D eigenvalue weighted by molar-refractivity contribution is -0.133. The fourth-order valence-electron chi connectivity index (χ4n) is 5.69. The number of hydrogen-bond donors (Lipinski definition) is 2. The quantitative estimate of drug-likeness (QED) is 0.631. The number of amides is 1. The van der Waals surface area contributed by atoms with Crippen LogP contribution >= 0.6 is 0 Å². The van der Waals surface area contributed by atoms with Crippen molar-refractivity contribution in [1.29, 1.82) is 0 Å². The maximum absolute atomic E-state index is 13.8. The minimum Gasteiger partial charge on any atom is -0.367 e. The second-order valence-corrected chi connectivity index (χ2v) is 9.86. The fourth-order valence-corrected chi connectivity index (χ4v) is 5.69. The number of aromatic amines is 1. The highest BCUT2D eigenvalue weighted by atomic mass is 16.2. The molecule has 2 aromatic heterocycles. The third kappa shape index (κ3) is 3.88. The Hall–Kier alpha value is -2.93. The van der Waals surface area contributed by atoms with Crippen LogP contribution in [0.4, 0.5) is 5.69 Å². The molecule has 172 valence electrons. The largest absolute Gasteiger partial charge is 0.367 e. The minimum absolute atomic E-state index is 0.101. The van der Waals surface area contributed by atoms with Crippen LogP contribution in [0.15, 0.2) is 36.7 Å².